The van der Waals surface area contributed by atoms with Crippen molar-refractivity contribution in [3.63, 3.8) is 0 Å². The predicted molar refractivity (Wildman–Crippen MR) is 81.6 cm³/mol. The number of benzene rings is 1. The van der Waals surface area contributed by atoms with Gasteiger partial charge in [-0.05, 0) is 38.0 Å². The van der Waals surface area contributed by atoms with Gasteiger partial charge in [-0.15, -0.1) is 0 Å². The summed E-state index contributed by atoms with van der Waals surface area (Å²) in [4.78, 5) is 22.7. The number of hydrogen-bond donors (Lipinski definition) is 0. The second-order valence-electron chi connectivity index (χ2n) is 6.31. The molecule has 2 aromatic rings. The van der Waals surface area contributed by atoms with Gasteiger partial charge in [-0.2, -0.15) is 0 Å². The minimum absolute atomic E-state index is 0.0449. The van der Waals surface area contributed by atoms with Crippen LogP contribution in [0.5, 0.6) is 0 Å². The molecule has 0 spiro atoms. The van der Waals surface area contributed by atoms with E-state index >= 15 is 0 Å². The van der Waals surface area contributed by atoms with Gasteiger partial charge in [-0.25, -0.2) is 14.4 Å². The lowest BCUT2D eigenvalue weighted by Gasteiger charge is -2.26. The van der Waals surface area contributed by atoms with E-state index in [0.717, 1.165) is 11.1 Å². The Morgan fingerprint density at radius 1 is 1.23 bits per heavy atom. The summed E-state index contributed by atoms with van der Waals surface area (Å²) < 4.78 is 13.3. The van der Waals surface area contributed by atoms with Crippen LogP contribution in [-0.4, -0.2) is 33.4 Å². The topological polar surface area (TPSA) is 46.1 Å². The lowest BCUT2D eigenvalue weighted by atomic mass is 9.96. The maximum atomic E-state index is 13.3. The molecular formula is C17H18FN3O. The summed E-state index contributed by atoms with van der Waals surface area (Å²) in [5.74, 6) is -0.0245. The number of halogens is 1. The quantitative estimate of drug-likeness (QED) is 0.856. The van der Waals surface area contributed by atoms with E-state index in [1.165, 1.54) is 12.1 Å². The van der Waals surface area contributed by atoms with Gasteiger partial charge >= 0.3 is 0 Å². The molecule has 1 fully saturated rings. The summed E-state index contributed by atoms with van der Waals surface area (Å²) in [5, 5.41) is 0. The largest absolute Gasteiger partial charge is 0.340 e. The Bertz CT molecular complexity index is 712. The molecule has 2 heterocycles. The molecule has 0 bridgehead atoms. The van der Waals surface area contributed by atoms with Crippen LogP contribution in [0, 0.1) is 5.82 Å². The van der Waals surface area contributed by atoms with Crippen LogP contribution in [0.2, 0.25) is 0 Å². The van der Waals surface area contributed by atoms with Crippen LogP contribution in [0.4, 0.5) is 4.39 Å². The van der Waals surface area contributed by atoms with Crippen LogP contribution >= 0.6 is 0 Å². The average Bonchev–Trinajstić information content (AvgIpc) is 2.71. The summed E-state index contributed by atoms with van der Waals surface area (Å²) in [7, 11) is 1.81. The number of likely N-dealkylation sites (N-methyl/N-ethyl adjacent to an activating group) is 1. The Hall–Kier alpha value is -2.30. The number of rotatable bonds is 2. The number of amides is 1. The lowest BCUT2D eigenvalue weighted by Crippen LogP contribution is -2.37. The van der Waals surface area contributed by atoms with Gasteiger partial charge < -0.3 is 4.90 Å². The van der Waals surface area contributed by atoms with Crippen LogP contribution in [-0.2, 0) is 4.79 Å². The van der Waals surface area contributed by atoms with E-state index < -0.39 is 0 Å². The molecule has 0 N–H and O–H groups in total. The second-order valence-corrected chi connectivity index (χ2v) is 6.31. The van der Waals surface area contributed by atoms with Crippen LogP contribution in [0.1, 0.15) is 32.0 Å². The van der Waals surface area contributed by atoms with E-state index in [-0.39, 0.29) is 23.2 Å². The van der Waals surface area contributed by atoms with Gasteiger partial charge in [0.1, 0.15) is 17.6 Å². The van der Waals surface area contributed by atoms with Gasteiger partial charge in [0.25, 0.3) is 0 Å². The molecule has 1 aromatic carbocycles. The molecule has 1 saturated heterocycles. The highest BCUT2D eigenvalue weighted by atomic mass is 19.1. The van der Waals surface area contributed by atoms with Crippen LogP contribution in [0.15, 0.2) is 36.7 Å². The number of aromatic nitrogens is 2. The third kappa shape index (κ3) is 2.47. The van der Waals surface area contributed by atoms with Gasteiger partial charge in [0.2, 0.25) is 5.91 Å². The summed E-state index contributed by atoms with van der Waals surface area (Å²) in [6.07, 6.45) is 3.99. The maximum Gasteiger partial charge on any atom is 0.233 e. The van der Waals surface area contributed by atoms with E-state index in [2.05, 4.69) is 9.97 Å². The predicted octanol–water partition coefficient (Wildman–Crippen LogP) is 3.01. The summed E-state index contributed by atoms with van der Waals surface area (Å²) in [6.45, 7) is 4.07. The third-order valence-electron chi connectivity index (χ3n) is 4.38. The molecule has 1 unspecified atom stereocenters. The highest BCUT2D eigenvalue weighted by Crippen LogP contribution is 2.37. The first-order valence-electron chi connectivity index (χ1n) is 7.24. The molecule has 3 rings (SSSR count). The average molecular weight is 299 g/mol. The van der Waals surface area contributed by atoms with Crippen molar-refractivity contribution in [2.24, 2.45) is 0 Å². The van der Waals surface area contributed by atoms with Crippen molar-refractivity contribution >= 4 is 5.91 Å². The second kappa shape index (κ2) is 5.16. The van der Waals surface area contributed by atoms with Gasteiger partial charge in [-0.3, -0.25) is 4.79 Å². The number of carbonyl (C=O) groups excluding carboxylic acids is 1. The fraction of sp³-hybridized carbons (Fsp3) is 0.353. The van der Waals surface area contributed by atoms with E-state index in [4.69, 9.17) is 0 Å². The Labute approximate surface area is 129 Å². The summed E-state index contributed by atoms with van der Waals surface area (Å²) in [5.41, 5.74) is 1.27. The summed E-state index contributed by atoms with van der Waals surface area (Å²) >= 11 is 0. The minimum atomic E-state index is -0.304. The number of nitrogens with zero attached hydrogens (tertiary/aromatic N) is 3. The van der Waals surface area contributed by atoms with Crippen molar-refractivity contribution in [1.82, 2.24) is 14.9 Å². The molecule has 1 amide bonds. The van der Waals surface area contributed by atoms with Crippen molar-refractivity contribution in [3.8, 4) is 11.1 Å². The van der Waals surface area contributed by atoms with Crippen LogP contribution < -0.4 is 0 Å². The Morgan fingerprint density at radius 3 is 2.45 bits per heavy atom. The van der Waals surface area contributed by atoms with Gasteiger partial charge in [0.05, 0.1) is 0 Å². The molecule has 1 aliphatic rings. The molecule has 5 heteroatoms. The number of carbonyl (C=O) groups is 1. The SMILES string of the molecule is CN1C(=O)C(c2ncc(-c3cccc(F)c3)cn2)CC1(C)C. The fourth-order valence-corrected chi connectivity index (χ4v) is 2.79. The Kier molecular flexibility index (Phi) is 3.43. The van der Waals surface area contributed by atoms with Gasteiger partial charge in [0, 0.05) is 30.5 Å². The third-order valence-corrected chi connectivity index (χ3v) is 4.38. The maximum absolute atomic E-state index is 13.3. The highest BCUT2D eigenvalue weighted by Gasteiger charge is 2.44. The Balaban J connectivity index is 1.88. The van der Waals surface area contributed by atoms with Crippen molar-refractivity contribution in [2.45, 2.75) is 31.7 Å². The van der Waals surface area contributed by atoms with Gasteiger partial charge in [-0.1, -0.05) is 12.1 Å². The van der Waals surface area contributed by atoms with E-state index in [1.54, 1.807) is 29.4 Å². The molecule has 0 radical (unpaired) electrons. The van der Waals surface area contributed by atoms with E-state index in [0.29, 0.717) is 12.2 Å². The first-order chi connectivity index (χ1) is 10.4. The van der Waals surface area contributed by atoms with E-state index in [9.17, 15) is 9.18 Å². The van der Waals surface area contributed by atoms with Crippen molar-refractivity contribution < 1.29 is 9.18 Å². The monoisotopic (exact) mass is 299 g/mol. The molecule has 1 aromatic heterocycles. The van der Waals surface area contributed by atoms with Crippen LogP contribution in [0.25, 0.3) is 11.1 Å². The van der Waals surface area contributed by atoms with Crippen molar-refractivity contribution in [1.29, 1.82) is 0 Å². The zero-order valence-electron chi connectivity index (χ0n) is 12.9. The molecule has 1 aliphatic heterocycles. The van der Waals surface area contributed by atoms with Crippen molar-refractivity contribution in [2.75, 3.05) is 7.05 Å². The van der Waals surface area contributed by atoms with Crippen LogP contribution in [0.3, 0.4) is 0 Å². The molecule has 22 heavy (non-hydrogen) atoms. The first kappa shape index (κ1) is 14.6. The molecule has 1 atom stereocenters. The highest BCUT2D eigenvalue weighted by molar-refractivity contribution is 5.86. The summed E-state index contributed by atoms with van der Waals surface area (Å²) in [6, 6.07) is 6.29. The molecule has 0 saturated carbocycles. The molecule has 0 aliphatic carbocycles. The smallest absolute Gasteiger partial charge is 0.233 e. The number of hydrogen-bond acceptors (Lipinski definition) is 3. The molecular weight excluding hydrogens is 281 g/mol. The molecule has 114 valence electrons. The molecule has 4 nitrogen and oxygen atoms in total. The zero-order valence-corrected chi connectivity index (χ0v) is 12.9. The zero-order chi connectivity index (χ0) is 15.9. The van der Waals surface area contributed by atoms with E-state index in [1.807, 2.05) is 20.9 Å². The minimum Gasteiger partial charge on any atom is -0.340 e. The normalized spacial score (nSPS) is 20.5. The standard InChI is InChI=1S/C17H18FN3O/c1-17(2)8-14(16(22)21(17)3)15-19-9-12(10-20-15)11-5-4-6-13(18)7-11/h4-7,9-10,14H,8H2,1-3H3. The first-order valence-corrected chi connectivity index (χ1v) is 7.24. The fourth-order valence-electron chi connectivity index (χ4n) is 2.79. The Morgan fingerprint density at radius 2 is 1.91 bits per heavy atom. The van der Waals surface area contributed by atoms with Crippen molar-refractivity contribution in [3.05, 3.63) is 48.3 Å². The lowest BCUT2D eigenvalue weighted by molar-refractivity contribution is -0.130. The number of likely N-dealkylation sites (tertiary alicyclic amines) is 1. The van der Waals surface area contributed by atoms with Gasteiger partial charge in [0.15, 0.2) is 0 Å².